The van der Waals surface area contributed by atoms with Crippen LogP contribution in [0.3, 0.4) is 0 Å². The smallest absolute Gasteiger partial charge is 0.127 e. The van der Waals surface area contributed by atoms with Gasteiger partial charge in [0.05, 0.1) is 17.1 Å². The van der Waals surface area contributed by atoms with Crippen LogP contribution in [0.2, 0.25) is 0 Å². The predicted molar refractivity (Wildman–Crippen MR) is 79.7 cm³/mol. The molecule has 0 saturated heterocycles. The zero-order chi connectivity index (χ0) is 13.9. The Balaban J connectivity index is 1.95. The topological polar surface area (TPSA) is 43.6 Å². The fourth-order valence-corrected chi connectivity index (χ4v) is 2.48. The average Bonchev–Trinajstić information content (AvgIpc) is 2.85. The van der Waals surface area contributed by atoms with Gasteiger partial charge in [0.25, 0.3) is 0 Å². The Morgan fingerprint density at radius 1 is 1.25 bits per heavy atom. The highest BCUT2D eigenvalue weighted by atomic mass is 35.5. The molecule has 0 aliphatic heterocycles. The lowest BCUT2D eigenvalue weighted by Gasteiger charge is -2.10. The third-order valence-electron chi connectivity index (χ3n) is 3.25. The van der Waals surface area contributed by atoms with E-state index in [2.05, 4.69) is 19.5 Å². The van der Waals surface area contributed by atoms with Crippen LogP contribution in [0.25, 0.3) is 11.0 Å². The van der Waals surface area contributed by atoms with Crippen LogP contribution < -0.4 is 0 Å². The number of pyridine rings is 2. The molecule has 0 aromatic carbocycles. The highest BCUT2D eigenvalue weighted by Crippen LogP contribution is 2.24. The highest BCUT2D eigenvalue weighted by molar-refractivity contribution is 6.20. The summed E-state index contributed by atoms with van der Waals surface area (Å²) in [7, 11) is 0. The van der Waals surface area contributed by atoms with Crippen LogP contribution in [0.4, 0.5) is 0 Å². The van der Waals surface area contributed by atoms with E-state index in [1.807, 2.05) is 37.4 Å². The number of imidazole rings is 1. The van der Waals surface area contributed by atoms with Gasteiger partial charge in [-0.1, -0.05) is 6.07 Å². The summed E-state index contributed by atoms with van der Waals surface area (Å²) in [6.07, 6.45) is 6.22. The van der Waals surface area contributed by atoms with Crippen molar-refractivity contribution in [1.29, 1.82) is 0 Å². The molecule has 102 valence electrons. The number of hydrogen-bond donors (Lipinski definition) is 0. The predicted octanol–water partition coefficient (Wildman–Crippen LogP) is 3.37. The summed E-state index contributed by atoms with van der Waals surface area (Å²) in [6, 6.07) is 7.94. The Hall–Kier alpha value is -1.94. The summed E-state index contributed by atoms with van der Waals surface area (Å²) < 4.78 is 2.16. The van der Waals surface area contributed by atoms with E-state index in [4.69, 9.17) is 11.6 Å². The molecule has 4 nitrogen and oxygen atoms in total. The van der Waals surface area contributed by atoms with Gasteiger partial charge in [-0.2, -0.15) is 0 Å². The second kappa shape index (κ2) is 5.59. The Labute approximate surface area is 122 Å². The van der Waals surface area contributed by atoms with Crippen LogP contribution in [0.5, 0.6) is 0 Å². The number of hydrogen-bond acceptors (Lipinski definition) is 3. The van der Waals surface area contributed by atoms with Gasteiger partial charge in [0, 0.05) is 31.1 Å². The molecule has 0 amide bonds. The van der Waals surface area contributed by atoms with Crippen LogP contribution in [0.15, 0.2) is 42.9 Å². The molecule has 1 unspecified atom stereocenters. The van der Waals surface area contributed by atoms with Gasteiger partial charge in [-0.05, 0) is 25.1 Å². The summed E-state index contributed by atoms with van der Waals surface area (Å²) >= 11 is 6.24. The molecule has 1 atom stereocenters. The van der Waals surface area contributed by atoms with E-state index >= 15 is 0 Å². The van der Waals surface area contributed by atoms with Gasteiger partial charge in [0.15, 0.2) is 0 Å². The minimum absolute atomic E-state index is 0.133. The van der Waals surface area contributed by atoms with Crippen LogP contribution in [0, 0.1) is 0 Å². The number of fused-ring (bicyclic) bond motifs is 1. The van der Waals surface area contributed by atoms with Gasteiger partial charge < -0.3 is 4.57 Å². The van der Waals surface area contributed by atoms with Crippen molar-refractivity contribution in [2.24, 2.45) is 0 Å². The van der Waals surface area contributed by atoms with Gasteiger partial charge in [0.2, 0.25) is 0 Å². The van der Waals surface area contributed by atoms with Crippen LogP contribution in [-0.2, 0) is 13.0 Å². The van der Waals surface area contributed by atoms with Crippen molar-refractivity contribution in [2.75, 3.05) is 0 Å². The zero-order valence-electron chi connectivity index (χ0n) is 11.2. The molecule has 0 saturated carbocycles. The van der Waals surface area contributed by atoms with Crippen molar-refractivity contribution >= 4 is 22.6 Å². The largest absolute Gasteiger partial charge is 0.326 e. The SMILES string of the molecule is CC(Cl)c1nc2cnccc2n1CCc1ccccn1. The number of rotatable bonds is 4. The summed E-state index contributed by atoms with van der Waals surface area (Å²) in [5, 5.41) is -0.133. The van der Waals surface area contributed by atoms with Crippen LogP contribution in [0.1, 0.15) is 23.8 Å². The van der Waals surface area contributed by atoms with Crippen molar-refractivity contribution < 1.29 is 0 Å². The maximum Gasteiger partial charge on any atom is 0.127 e. The molecule has 0 aliphatic carbocycles. The summed E-state index contributed by atoms with van der Waals surface area (Å²) in [6.45, 7) is 2.75. The molecule has 0 aliphatic rings. The molecule has 5 heteroatoms. The number of alkyl halides is 1. The molecule has 20 heavy (non-hydrogen) atoms. The van der Waals surface area contributed by atoms with E-state index in [0.717, 1.165) is 35.5 Å². The molecule has 3 aromatic rings. The quantitative estimate of drug-likeness (QED) is 0.691. The summed E-state index contributed by atoms with van der Waals surface area (Å²) in [5.41, 5.74) is 3.02. The lowest BCUT2D eigenvalue weighted by atomic mass is 10.2. The molecule has 0 bridgehead atoms. The Bertz CT molecular complexity index is 706. The van der Waals surface area contributed by atoms with Crippen molar-refractivity contribution in [3.8, 4) is 0 Å². The number of halogens is 1. The fraction of sp³-hybridized carbons (Fsp3) is 0.267. The van der Waals surface area contributed by atoms with Crippen molar-refractivity contribution in [2.45, 2.75) is 25.3 Å². The molecule has 0 spiro atoms. The van der Waals surface area contributed by atoms with Crippen molar-refractivity contribution in [3.63, 3.8) is 0 Å². The molecule has 0 radical (unpaired) electrons. The van der Waals surface area contributed by atoms with E-state index in [1.54, 1.807) is 12.4 Å². The first kappa shape index (κ1) is 13.1. The zero-order valence-corrected chi connectivity index (χ0v) is 12.0. The minimum atomic E-state index is -0.133. The number of nitrogens with zero attached hydrogens (tertiary/aromatic N) is 4. The Kier molecular flexibility index (Phi) is 3.65. The standard InChI is InChI=1S/C15H15ClN4/c1-11(16)15-19-13-10-17-8-5-14(13)20(15)9-6-12-4-2-3-7-18-12/h2-5,7-8,10-11H,6,9H2,1H3. The van der Waals surface area contributed by atoms with E-state index in [1.165, 1.54) is 0 Å². The van der Waals surface area contributed by atoms with Crippen molar-refractivity contribution in [3.05, 3.63) is 54.4 Å². The molecular formula is C15H15ClN4. The Morgan fingerprint density at radius 2 is 2.15 bits per heavy atom. The first-order valence-electron chi connectivity index (χ1n) is 6.60. The Morgan fingerprint density at radius 3 is 2.90 bits per heavy atom. The van der Waals surface area contributed by atoms with Gasteiger partial charge >= 0.3 is 0 Å². The third-order valence-corrected chi connectivity index (χ3v) is 3.45. The van der Waals surface area contributed by atoms with Crippen LogP contribution >= 0.6 is 11.6 Å². The maximum atomic E-state index is 6.24. The third kappa shape index (κ3) is 2.51. The molecule has 3 rings (SSSR count). The molecule has 0 fully saturated rings. The molecule has 3 heterocycles. The molecule has 0 N–H and O–H groups in total. The second-order valence-corrected chi connectivity index (χ2v) is 5.33. The normalized spacial score (nSPS) is 12.7. The first-order chi connectivity index (χ1) is 9.75. The summed E-state index contributed by atoms with van der Waals surface area (Å²) in [4.78, 5) is 13.0. The van der Waals surface area contributed by atoms with Gasteiger partial charge in [-0.25, -0.2) is 4.98 Å². The number of aryl methyl sites for hydroxylation is 2. The second-order valence-electron chi connectivity index (χ2n) is 4.67. The van der Waals surface area contributed by atoms with E-state index in [0.29, 0.717) is 0 Å². The lowest BCUT2D eigenvalue weighted by Crippen LogP contribution is -2.07. The highest BCUT2D eigenvalue weighted by Gasteiger charge is 2.14. The minimum Gasteiger partial charge on any atom is -0.326 e. The van der Waals surface area contributed by atoms with Gasteiger partial charge in [-0.15, -0.1) is 11.6 Å². The van der Waals surface area contributed by atoms with Crippen molar-refractivity contribution in [1.82, 2.24) is 19.5 Å². The number of aromatic nitrogens is 4. The van der Waals surface area contributed by atoms with E-state index < -0.39 is 0 Å². The summed E-state index contributed by atoms with van der Waals surface area (Å²) in [5.74, 6) is 0.880. The van der Waals surface area contributed by atoms with E-state index in [9.17, 15) is 0 Å². The van der Waals surface area contributed by atoms with Crippen LogP contribution in [-0.4, -0.2) is 19.5 Å². The lowest BCUT2D eigenvalue weighted by molar-refractivity contribution is 0.660. The average molecular weight is 287 g/mol. The van der Waals surface area contributed by atoms with E-state index in [-0.39, 0.29) is 5.38 Å². The first-order valence-corrected chi connectivity index (χ1v) is 7.03. The molecular weight excluding hydrogens is 272 g/mol. The van der Waals surface area contributed by atoms with Gasteiger partial charge in [0.1, 0.15) is 11.3 Å². The van der Waals surface area contributed by atoms with Gasteiger partial charge in [-0.3, -0.25) is 9.97 Å². The maximum absolute atomic E-state index is 6.24. The molecule has 3 aromatic heterocycles. The fourth-order valence-electron chi connectivity index (χ4n) is 2.31. The monoisotopic (exact) mass is 286 g/mol.